The van der Waals surface area contributed by atoms with Crippen molar-refractivity contribution in [1.82, 2.24) is 0 Å². The van der Waals surface area contributed by atoms with Gasteiger partial charge in [0.05, 0.1) is 6.61 Å². The zero-order valence-corrected chi connectivity index (χ0v) is 6.42. The van der Waals surface area contributed by atoms with Gasteiger partial charge in [-0.15, -0.1) is 12.1 Å². The van der Waals surface area contributed by atoms with Crippen LogP contribution >= 0.6 is 0 Å². The number of hydrogen-bond donors (Lipinski definition) is 0. The van der Waals surface area contributed by atoms with E-state index in [1.54, 1.807) is 0 Å². The van der Waals surface area contributed by atoms with Crippen LogP contribution in [0.3, 0.4) is 0 Å². The van der Waals surface area contributed by atoms with E-state index in [9.17, 15) is 0 Å². The molecule has 10 heavy (non-hydrogen) atoms. The molecule has 0 saturated carbocycles. The van der Waals surface area contributed by atoms with Gasteiger partial charge in [0.2, 0.25) is 0 Å². The van der Waals surface area contributed by atoms with Crippen LogP contribution in [-0.4, -0.2) is 6.61 Å². The summed E-state index contributed by atoms with van der Waals surface area (Å²) in [4.78, 5) is 0. The zero-order chi connectivity index (χ0) is 6.53. The van der Waals surface area contributed by atoms with E-state index in [2.05, 4.69) is 6.07 Å². The van der Waals surface area contributed by atoms with Gasteiger partial charge in [0.25, 0.3) is 0 Å². The van der Waals surface area contributed by atoms with Gasteiger partial charge in [-0.3, -0.25) is 0 Å². The summed E-state index contributed by atoms with van der Waals surface area (Å²) < 4.78 is 5.17. The van der Waals surface area contributed by atoms with Crippen molar-refractivity contribution in [3.63, 3.8) is 0 Å². The second kappa shape index (κ2) is 5.41. The van der Waals surface area contributed by atoms with Crippen molar-refractivity contribution in [3.05, 3.63) is 30.3 Å². The van der Waals surface area contributed by atoms with Crippen LogP contribution in [-0.2, 0) is 0 Å². The quantitative estimate of drug-likeness (QED) is 0.362. The van der Waals surface area contributed by atoms with Crippen molar-refractivity contribution in [1.29, 1.82) is 0 Å². The van der Waals surface area contributed by atoms with Crippen molar-refractivity contribution in [2.45, 2.75) is 6.92 Å². The van der Waals surface area contributed by atoms with Crippen LogP contribution in [0.25, 0.3) is 0 Å². The van der Waals surface area contributed by atoms with Gasteiger partial charge in [-0.25, -0.2) is 0 Å². The molecule has 0 atom stereocenters. The van der Waals surface area contributed by atoms with Crippen molar-refractivity contribution in [2.24, 2.45) is 0 Å². The van der Waals surface area contributed by atoms with Crippen LogP contribution in [0.1, 0.15) is 6.92 Å². The molecule has 0 aliphatic heterocycles. The molecule has 0 radical (unpaired) electrons. The van der Waals surface area contributed by atoms with E-state index in [1.165, 1.54) is 0 Å². The van der Waals surface area contributed by atoms with E-state index < -0.39 is 0 Å². The van der Waals surface area contributed by atoms with Crippen LogP contribution in [0.2, 0.25) is 0 Å². The van der Waals surface area contributed by atoms with E-state index in [0.717, 1.165) is 12.4 Å². The summed E-state index contributed by atoms with van der Waals surface area (Å²) in [5.41, 5.74) is 0. The molecule has 0 aliphatic carbocycles. The fraction of sp³-hybridized carbons (Fsp3) is 0.250. The Balaban J connectivity index is 0.000000810. The van der Waals surface area contributed by atoms with E-state index in [4.69, 9.17) is 4.74 Å². The molecular formula is C8H9LiO. The molecule has 1 aromatic rings. The fourth-order valence-corrected chi connectivity index (χ4v) is 0.633. The summed E-state index contributed by atoms with van der Waals surface area (Å²) in [6.45, 7) is 2.69. The summed E-state index contributed by atoms with van der Waals surface area (Å²) in [6, 6.07) is 10.4. The Morgan fingerprint density at radius 1 is 1.60 bits per heavy atom. The smallest absolute Gasteiger partial charge is 0.551 e. The third-order valence-electron chi connectivity index (χ3n) is 0.990. The first kappa shape index (κ1) is 9.62. The SMILES string of the molecule is CCOc1c[c-]ccc1.[Li+]. The minimum absolute atomic E-state index is 0. The normalized spacial score (nSPS) is 8.10. The minimum Gasteiger partial charge on any atom is -0.551 e. The molecule has 0 amide bonds. The van der Waals surface area contributed by atoms with Gasteiger partial charge in [-0.2, -0.15) is 18.2 Å². The van der Waals surface area contributed by atoms with Crippen molar-refractivity contribution in [3.8, 4) is 5.75 Å². The van der Waals surface area contributed by atoms with Gasteiger partial charge in [-0.05, 0) is 6.92 Å². The standard InChI is InChI=1S/C8H9O.Li/c1-2-9-8-6-4-3-5-7-8;/h3-4,6-7H,2H2,1H3;/q-1;+1. The number of hydrogen-bond acceptors (Lipinski definition) is 1. The molecule has 48 valence electrons. The maximum atomic E-state index is 5.17. The molecule has 0 heterocycles. The summed E-state index contributed by atoms with van der Waals surface area (Å²) in [7, 11) is 0. The molecule has 0 fully saturated rings. The van der Waals surface area contributed by atoms with Gasteiger partial charge < -0.3 is 4.74 Å². The molecule has 1 aromatic carbocycles. The second-order valence-corrected chi connectivity index (χ2v) is 1.67. The third kappa shape index (κ3) is 2.96. The van der Waals surface area contributed by atoms with Gasteiger partial charge in [0.1, 0.15) is 0 Å². The first-order valence-electron chi connectivity index (χ1n) is 3.02. The molecule has 2 heteroatoms. The first-order chi connectivity index (χ1) is 4.43. The molecule has 0 saturated heterocycles. The fourth-order valence-electron chi connectivity index (χ4n) is 0.633. The molecule has 0 unspecified atom stereocenters. The van der Waals surface area contributed by atoms with Crippen LogP contribution in [0, 0.1) is 6.07 Å². The van der Waals surface area contributed by atoms with Gasteiger partial charge in [-0.1, -0.05) is 0 Å². The third-order valence-corrected chi connectivity index (χ3v) is 0.990. The predicted octanol–water partition coefficient (Wildman–Crippen LogP) is -1.11. The van der Waals surface area contributed by atoms with Crippen molar-refractivity contribution in [2.75, 3.05) is 6.61 Å². The monoisotopic (exact) mass is 128 g/mol. The predicted molar refractivity (Wildman–Crippen MR) is 36.4 cm³/mol. The Bertz CT molecular complexity index is 162. The topological polar surface area (TPSA) is 9.23 Å². The van der Waals surface area contributed by atoms with E-state index in [0.29, 0.717) is 0 Å². The van der Waals surface area contributed by atoms with Crippen LogP contribution in [0.5, 0.6) is 5.75 Å². The Morgan fingerprint density at radius 2 is 2.40 bits per heavy atom. The molecule has 0 bridgehead atoms. The molecule has 1 nitrogen and oxygen atoms in total. The van der Waals surface area contributed by atoms with Crippen LogP contribution in [0.15, 0.2) is 24.3 Å². The Kier molecular flexibility index (Phi) is 5.20. The Morgan fingerprint density at radius 3 is 2.90 bits per heavy atom. The maximum absolute atomic E-state index is 5.17. The average Bonchev–Trinajstić information content (AvgIpc) is 1.91. The van der Waals surface area contributed by atoms with Gasteiger partial charge in [0, 0.05) is 5.75 Å². The molecular weight excluding hydrogens is 119 g/mol. The molecule has 0 aliphatic rings. The minimum atomic E-state index is 0. The molecule has 0 spiro atoms. The second-order valence-electron chi connectivity index (χ2n) is 1.67. The summed E-state index contributed by atoms with van der Waals surface area (Å²) in [5.74, 6) is 0.889. The summed E-state index contributed by atoms with van der Waals surface area (Å²) in [5, 5.41) is 0. The number of benzene rings is 1. The summed E-state index contributed by atoms with van der Waals surface area (Å²) in [6.07, 6.45) is 0. The Hall–Kier alpha value is -0.383. The van der Waals surface area contributed by atoms with Crippen LogP contribution < -0.4 is 23.6 Å². The maximum Gasteiger partial charge on any atom is 1.00 e. The van der Waals surface area contributed by atoms with Crippen molar-refractivity contribution < 1.29 is 23.6 Å². The van der Waals surface area contributed by atoms with E-state index >= 15 is 0 Å². The molecule has 1 rings (SSSR count). The van der Waals surface area contributed by atoms with Crippen molar-refractivity contribution >= 4 is 0 Å². The van der Waals surface area contributed by atoms with Gasteiger partial charge in [0.15, 0.2) is 0 Å². The number of ether oxygens (including phenoxy) is 1. The molecule has 0 N–H and O–H groups in total. The van der Waals surface area contributed by atoms with E-state index in [-0.39, 0.29) is 18.9 Å². The zero-order valence-electron chi connectivity index (χ0n) is 6.42. The first-order valence-corrected chi connectivity index (χ1v) is 3.02. The number of rotatable bonds is 2. The van der Waals surface area contributed by atoms with E-state index in [1.807, 2.05) is 31.2 Å². The largest absolute Gasteiger partial charge is 1.00 e. The molecule has 0 aromatic heterocycles. The van der Waals surface area contributed by atoms with Gasteiger partial charge >= 0.3 is 18.9 Å². The summed E-state index contributed by atoms with van der Waals surface area (Å²) >= 11 is 0. The Labute approximate surface area is 73.6 Å². The average molecular weight is 128 g/mol. The van der Waals surface area contributed by atoms with Crippen LogP contribution in [0.4, 0.5) is 0 Å².